The minimum atomic E-state index is -0.682. The fourth-order valence-corrected chi connectivity index (χ4v) is 1.74. The van der Waals surface area contributed by atoms with E-state index in [0.29, 0.717) is 5.56 Å². The van der Waals surface area contributed by atoms with E-state index in [9.17, 15) is 9.59 Å². The maximum Gasteiger partial charge on any atom is 0.326 e. The summed E-state index contributed by atoms with van der Waals surface area (Å²) in [5.41, 5.74) is 0.423. The Morgan fingerprint density at radius 2 is 1.74 bits per heavy atom. The van der Waals surface area contributed by atoms with E-state index in [2.05, 4.69) is 4.98 Å². The lowest BCUT2D eigenvalue weighted by atomic mass is 10.1. The Balaban J connectivity index is 2.62. The lowest BCUT2D eigenvalue weighted by molar-refractivity contribution is 1.03. The molecular formula is C13H12N4O2. The van der Waals surface area contributed by atoms with Crippen molar-refractivity contribution in [1.29, 1.82) is 5.26 Å². The number of nitriles is 1. The van der Waals surface area contributed by atoms with Crippen molar-refractivity contribution in [2.45, 2.75) is 0 Å². The van der Waals surface area contributed by atoms with Gasteiger partial charge in [0, 0.05) is 19.8 Å². The molecule has 0 atom stereocenters. The first kappa shape index (κ1) is 12.6. The lowest BCUT2D eigenvalue weighted by Gasteiger charge is -2.12. The fourth-order valence-electron chi connectivity index (χ4n) is 1.74. The van der Waals surface area contributed by atoms with Crippen LogP contribution in [0.5, 0.6) is 0 Å². The van der Waals surface area contributed by atoms with E-state index in [1.807, 2.05) is 36.1 Å². The molecule has 0 bridgehead atoms. The Morgan fingerprint density at radius 1 is 1.11 bits per heavy atom. The second-order valence-corrected chi connectivity index (χ2v) is 4.21. The minimum absolute atomic E-state index is 0.0998. The van der Waals surface area contributed by atoms with E-state index < -0.39 is 11.2 Å². The molecule has 2 N–H and O–H groups in total. The van der Waals surface area contributed by atoms with Crippen molar-refractivity contribution >= 4 is 5.69 Å². The van der Waals surface area contributed by atoms with Gasteiger partial charge in [-0.05, 0) is 17.7 Å². The second kappa shape index (κ2) is 4.82. The quantitative estimate of drug-likeness (QED) is 0.825. The highest BCUT2D eigenvalue weighted by Gasteiger charge is 2.10. The van der Waals surface area contributed by atoms with Crippen LogP contribution < -0.4 is 16.1 Å². The van der Waals surface area contributed by atoms with E-state index >= 15 is 0 Å². The van der Waals surface area contributed by atoms with Crippen LogP contribution in [0.3, 0.4) is 0 Å². The Kier molecular flexibility index (Phi) is 3.21. The largest absolute Gasteiger partial charge is 0.378 e. The van der Waals surface area contributed by atoms with Crippen LogP contribution in [0.15, 0.2) is 33.9 Å². The highest BCUT2D eigenvalue weighted by Crippen LogP contribution is 2.21. The zero-order valence-corrected chi connectivity index (χ0v) is 10.5. The Bertz CT molecular complexity index is 748. The number of hydrogen-bond acceptors (Lipinski definition) is 4. The molecule has 1 aromatic carbocycles. The molecule has 0 aliphatic carbocycles. The van der Waals surface area contributed by atoms with Gasteiger partial charge in [-0.2, -0.15) is 5.26 Å². The van der Waals surface area contributed by atoms with Crippen molar-refractivity contribution < 1.29 is 0 Å². The van der Waals surface area contributed by atoms with Gasteiger partial charge in [-0.1, -0.05) is 12.1 Å². The van der Waals surface area contributed by atoms with Crippen LogP contribution in [0.2, 0.25) is 0 Å². The van der Waals surface area contributed by atoms with Gasteiger partial charge in [0.15, 0.2) is 0 Å². The van der Waals surface area contributed by atoms with Gasteiger partial charge in [-0.3, -0.25) is 9.78 Å². The first-order chi connectivity index (χ1) is 9.02. The summed E-state index contributed by atoms with van der Waals surface area (Å²) in [5, 5.41) is 8.99. The number of aromatic amines is 2. The number of rotatable bonds is 2. The van der Waals surface area contributed by atoms with Crippen molar-refractivity contribution in [2.24, 2.45) is 0 Å². The number of nitrogens with one attached hydrogen (secondary N) is 2. The van der Waals surface area contributed by atoms with Crippen LogP contribution in [0.4, 0.5) is 5.69 Å². The van der Waals surface area contributed by atoms with Crippen molar-refractivity contribution in [1.82, 2.24) is 9.97 Å². The standard InChI is InChI=1S/C13H12N4O2/c1-17(2)9-5-3-8(4-6-9)11-10(7-14)12(18)16-13(19)15-11/h3-6H,1-2H3,(H2,15,16,18,19). The van der Waals surface area contributed by atoms with Crippen molar-refractivity contribution in [3.05, 3.63) is 50.7 Å². The smallest absolute Gasteiger partial charge is 0.326 e. The number of hydrogen-bond donors (Lipinski definition) is 2. The average molecular weight is 256 g/mol. The fraction of sp³-hybridized carbons (Fsp3) is 0.154. The third-order valence-electron chi connectivity index (χ3n) is 2.73. The van der Waals surface area contributed by atoms with E-state index in [4.69, 9.17) is 5.26 Å². The van der Waals surface area contributed by atoms with Crippen LogP contribution in [0.25, 0.3) is 11.3 Å². The summed E-state index contributed by atoms with van der Waals surface area (Å²) >= 11 is 0. The summed E-state index contributed by atoms with van der Waals surface area (Å²) < 4.78 is 0. The molecule has 0 saturated heterocycles. The number of nitrogens with zero attached hydrogens (tertiary/aromatic N) is 2. The minimum Gasteiger partial charge on any atom is -0.378 e. The van der Waals surface area contributed by atoms with E-state index in [1.54, 1.807) is 18.2 Å². The van der Waals surface area contributed by atoms with E-state index in [-0.39, 0.29) is 11.3 Å². The van der Waals surface area contributed by atoms with Crippen LogP contribution in [-0.4, -0.2) is 24.1 Å². The first-order valence-electron chi connectivity index (χ1n) is 5.57. The van der Waals surface area contributed by atoms with Crippen molar-refractivity contribution in [2.75, 3.05) is 19.0 Å². The molecule has 19 heavy (non-hydrogen) atoms. The number of benzene rings is 1. The van der Waals surface area contributed by atoms with Gasteiger partial charge >= 0.3 is 5.69 Å². The molecule has 0 spiro atoms. The summed E-state index contributed by atoms with van der Waals surface area (Å²) in [4.78, 5) is 29.3. The number of anilines is 1. The van der Waals surface area contributed by atoms with E-state index in [0.717, 1.165) is 5.69 Å². The van der Waals surface area contributed by atoms with Gasteiger partial charge in [0.1, 0.15) is 11.6 Å². The lowest BCUT2D eigenvalue weighted by Crippen LogP contribution is -2.25. The summed E-state index contributed by atoms with van der Waals surface area (Å²) in [7, 11) is 3.82. The van der Waals surface area contributed by atoms with Gasteiger partial charge in [0.2, 0.25) is 0 Å². The molecule has 1 aromatic heterocycles. The zero-order valence-electron chi connectivity index (χ0n) is 10.5. The van der Waals surface area contributed by atoms with E-state index in [1.165, 1.54) is 0 Å². The monoisotopic (exact) mass is 256 g/mol. The Hall–Kier alpha value is -2.81. The Morgan fingerprint density at radius 3 is 2.26 bits per heavy atom. The average Bonchev–Trinajstić information content (AvgIpc) is 2.38. The molecule has 0 unspecified atom stereocenters. The number of H-pyrrole nitrogens is 2. The van der Waals surface area contributed by atoms with Gasteiger partial charge in [-0.15, -0.1) is 0 Å². The molecule has 1 heterocycles. The third kappa shape index (κ3) is 2.40. The maximum absolute atomic E-state index is 11.5. The maximum atomic E-state index is 11.5. The van der Waals surface area contributed by atoms with Gasteiger partial charge in [-0.25, -0.2) is 4.79 Å². The second-order valence-electron chi connectivity index (χ2n) is 4.21. The number of aromatic nitrogens is 2. The molecule has 2 rings (SSSR count). The Labute approximate surface area is 108 Å². The predicted molar refractivity (Wildman–Crippen MR) is 72.2 cm³/mol. The topological polar surface area (TPSA) is 92.8 Å². The SMILES string of the molecule is CN(C)c1ccc(-c2[nH]c(=O)[nH]c(=O)c2C#N)cc1. The van der Waals surface area contributed by atoms with Crippen LogP contribution in [-0.2, 0) is 0 Å². The van der Waals surface area contributed by atoms with Crippen molar-refractivity contribution in [3.8, 4) is 17.3 Å². The summed E-state index contributed by atoms with van der Waals surface area (Å²) in [6.07, 6.45) is 0. The van der Waals surface area contributed by atoms with Crippen molar-refractivity contribution in [3.63, 3.8) is 0 Å². The van der Waals surface area contributed by atoms with Gasteiger partial charge in [0.05, 0.1) is 5.69 Å². The molecule has 0 fully saturated rings. The predicted octanol–water partition coefficient (Wildman–Crippen LogP) is 0.668. The first-order valence-corrected chi connectivity index (χ1v) is 5.57. The van der Waals surface area contributed by atoms with Crippen LogP contribution >= 0.6 is 0 Å². The summed E-state index contributed by atoms with van der Waals surface area (Å²) in [5.74, 6) is 0. The summed E-state index contributed by atoms with van der Waals surface area (Å²) in [6.45, 7) is 0. The molecule has 0 amide bonds. The molecule has 0 saturated carbocycles. The molecule has 6 heteroatoms. The van der Waals surface area contributed by atoms with Gasteiger partial charge in [0.25, 0.3) is 5.56 Å². The molecular weight excluding hydrogens is 244 g/mol. The zero-order chi connectivity index (χ0) is 14.0. The highest BCUT2D eigenvalue weighted by atomic mass is 16.2. The molecule has 0 aliphatic rings. The molecule has 6 nitrogen and oxygen atoms in total. The molecule has 96 valence electrons. The highest BCUT2D eigenvalue weighted by molar-refractivity contribution is 5.67. The normalized spacial score (nSPS) is 9.95. The summed E-state index contributed by atoms with van der Waals surface area (Å²) in [6, 6.07) is 8.99. The molecule has 0 radical (unpaired) electrons. The van der Waals surface area contributed by atoms with Crippen LogP contribution in [0, 0.1) is 11.3 Å². The molecule has 2 aromatic rings. The molecule has 0 aliphatic heterocycles. The van der Waals surface area contributed by atoms with Gasteiger partial charge < -0.3 is 9.88 Å². The third-order valence-corrected chi connectivity index (χ3v) is 2.73. The van der Waals surface area contributed by atoms with Crippen LogP contribution in [0.1, 0.15) is 5.56 Å².